The van der Waals surface area contributed by atoms with Gasteiger partial charge in [0.1, 0.15) is 0 Å². The predicted molar refractivity (Wildman–Crippen MR) is 105 cm³/mol. The Morgan fingerprint density at radius 1 is 1.12 bits per heavy atom. The maximum absolute atomic E-state index is 13.1. The minimum atomic E-state index is -2.91. The number of likely N-dealkylation sites (tertiary alicyclic amines) is 1. The molecule has 0 aliphatic carbocycles. The van der Waals surface area contributed by atoms with Gasteiger partial charge in [0.2, 0.25) is 0 Å². The minimum absolute atomic E-state index is 0.0743. The number of likely N-dealkylation sites (N-methyl/N-ethyl adjacent to an activating group) is 1. The van der Waals surface area contributed by atoms with Crippen LogP contribution >= 0.6 is 0 Å². The molecular formula is C19H29N3O3S. The van der Waals surface area contributed by atoms with Crippen molar-refractivity contribution in [3.63, 3.8) is 0 Å². The van der Waals surface area contributed by atoms with Crippen molar-refractivity contribution in [1.29, 1.82) is 0 Å². The number of anilines is 1. The molecule has 1 amide bonds. The fourth-order valence-corrected chi connectivity index (χ4v) is 4.92. The van der Waals surface area contributed by atoms with E-state index in [-0.39, 0.29) is 17.4 Å². The predicted octanol–water partition coefficient (Wildman–Crippen LogP) is 1.48. The van der Waals surface area contributed by atoms with Gasteiger partial charge in [-0.3, -0.25) is 4.79 Å². The fraction of sp³-hybridized carbons (Fsp3) is 0.632. The van der Waals surface area contributed by atoms with Crippen molar-refractivity contribution in [3.8, 4) is 0 Å². The van der Waals surface area contributed by atoms with E-state index in [0.717, 1.165) is 38.0 Å². The van der Waals surface area contributed by atoms with E-state index in [0.29, 0.717) is 24.7 Å². The molecule has 0 N–H and O–H groups in total. The van der Waals surface area contributed by atoms with Crippen molar-refractivity contribution in [1.82, 2.24) is 9.80 Å². The molecule has 0 bridgehead atoms. The van der Waals surface area contributed by atoms with Crippen LogP contribution in [0.15, 0.2) is 24.3 Å². The quantitative estimate of drug-likeness (QED) is 0.796. The molecule has 1 aromatic rings. The molecule has 2 fully saturated rings. The summed E-state index contributed by atoms with van der Waals surface area (Å²) in [6, 6.07) is 8.03. The molecule has 1 unspecified atom stereocenters. The Balaban J connectivity index is 1.73. The molecular weight excluding hydrogens is 350 g/mol. The third-order valence-electron chi connectivity index (χ3n) is 5.47. The van der Waals surface area contributed by atoms with Crippen LogP contribution in [0.1, 0.15) is 29.6 Å². The highest BCUT2D eigenvalue weighted by Crippen LogP contribution is 2.21. The van der Waals surface area contributed by atoms with E-state index in [9.17, 15) is 13.2 Å². The van der Waals surface area contributed by atoms with E-state index in [4.69, 9.17) is 0 Å². The van der Waals surface area contributed by atoms with Gasteiger partial charge >= 0.3 is 0 Å². The lowest BCUT2D eigenvalue weighted by Crippen LogP contribution is -2.42. The molecule has 0 saturated carbocycles. The third-order valence-corrected chi connectivity index (χ3v) is 7.08. The Morgan fingerprint density at radius 2 is 1.85 bits per heavy atom. The molecule has 0 spiro atoms. The van der Waals surface area contributed by atoms with Gasteiger partial charge in [-0.2, -0.15) is 0 Å². The normalized spacial score (nSPS) is 23.7. The van der Waals surface area contributed by atoms with Gasteiger partial charge in [0.15, 0.2) is 9.84 Å². The van der Waals surface area contributed by atoms with Crippen molar-refractivity contribution in [2.45, 2.75) is 25.3 Å². The zero-order chi connectivity index (χ0) is 18.7. The van der Waals surface area contributed by atoms with Crippen molar-refractivity contribution in [2.75, 3.05) is 56.7 Å². The number of benzene rings is 1. The molecule has 1 aromatic carbocycles. The van der Waals surface area contributed by atoms with Crippen LogP contribution in [0.2, 0.25) is 0 Å². The highest BCUT2D eigenvalue weighted by Gasteiger charge is 2.25. The number of rotatable bonds is 3. The van der Waals surface area contributed by atoms with Crippen LogP contribution < -0.4 is 4.90 Å². The highest BCUT2D eigenvalue weighted by molar-refractivity contribution is 7.91. The lowest BCUT2D eigenvalue weighted by molar-refractivity contribution is 0.0725. The molecule has 2 saturated heterocycles. The van der Waals surface area contributed by atoms with E-state index in [1.165, 1.54) is 0 Å². The largest absolute Gasteiger partial charge is 0.369 e. The third kappa shape index (κ3) is 4.57. The number of nitrogens with zero attached hydrogens (tertiary/aromatic N) is 3. The van der Waals surface area contributed by atoms with Crippen LogP contribution in [0, 0.1) is 0 Å². The van der Waals surface area contributed by atoms with E-state index >= 15 is 0 Å². The summed E-state index contributed by atoms with van der Waals surface area (Å²) in [5, 5.41) is 0. The second-order valence-electron chi connectivity index (χ2n) is 7.55. The van der Waals surface area contributed by atoms with E-state index < -0.39 is 9.84 Å². The SMILES string of the molecule is CN(C)C1CCCCN(C(=O)c2cccc(N3CCS(=O)(=O)CC3)c2)C1. The molecule has 0 radical (unpaired) electrons. The summed E-state index contributed by atoms with van der Waals surface area (Å²) >= 11 is 0. The van der Waals surface area contributed by atoms with Gasteiger partial charge < -0.3 is 14.7 Å². The number of carbonyl (C=O) groups excluding carboxylic acids is 1. The molecule has 26 heavy (non-hydrogen) atoms. The van der Waals surface area contributed by atoms with Gasteiger partial charge in [-0.1, -0.05) is 12.5 Å². The Bertz CT molecular complexity index is 734. The molecule has 1 atom stereocenters. The first-order valence-corrected chi connectivity index (χ1v) is 11.2. The summed E-state index contributed by atoms with van der Waals surface area (Å²) in [4.78, 5) is 19.3. The van der Waals surface area contributed by atoms with Gasteiger partial charge in [-0.05, 0) is 45.1 Å². The van der Waals surface area contributed by atoms with Crippen molar-refractivity contribution in [2.24, 2.45) is 0 Å². The average Bonchev–Trinajstić information content (AvgIpc) is 2.87. The second kappa shape index (κ2) is 7.96. The van der Waals surface area contributed by atoms with E-state index in [1.54, 1.807) is 0 Å². The average molecular weight is 380 g/mol. The van der Waals surface area contributed by atoms with Gasteiger partial charge in [-0.15, -0.1) is 0 Å². The Labute approximate surface area is 156 Å². The number of sulfone groups is 1. The van der Waals surface area contributed by atoms with Crippen molar-refractivity contribution in [3.05, 3.63) is 29.8 Å². The number of amides is 1. The summed E-state index contributed by atoms with van der Waals surface area (Å²) in [5.41, 5.74) is 1.63. The first-order valence-electron chi connectivity index (χ1n) is 9.37. The topological polar surface area (TPSA) is 60.9 Å². The summed E-state index contributed by atoms with van der Waals surface area (Å²) in [7, 11) is 1.24. The molecule has 0 aromatic heterocycles. The Hall–Kier alpha value is -1.60. The lowest BCUT2D eigenvalue weighted by Gasteiger charge is -2.30. The zero-order valence-electron chi connectivity index (χ0n) is 15.7. The van der Waals surface area contributed by atoms with Gasteiger partial charge in [0.05, 0.1) is 11.5 Å². The molecule has 144 valence electrons. The fourth-order valence-electron chi connectivity index (χ4n) is 3.71. The molecule has 2 heterocycles. The molecule has 6 nitrogen and oxygen atoms in total. The van der Waals surface area contributed by atoms with Crippen LogP contribution in [-0.4, -0.2) is 81.9 Å². The van der Waals surface area contributed by atoms with E-state index in [2.05, 4.69) is 23.9 Å². The zero-order valence-corrected chi connectivity index (χ0v) is 16.5. The molecule has 3 rings (SSSR count). The first kappa shape index (κ1) is 19.2. The van der Waals surface area contributed by atoms with Gasteiger partial charge in [-0.25, -0.2) is 8.42 Å². The van der Waals surface area contributed by atoms with Crippen LogP contribution in [0.3, 0.4) is 0 Å². The molecule has 7 heteroatoms. The summed E-state index contributed by atoms with van der Waals surface area (Å²) in [6.45, 7) is 2.55. The van der Waals surface area contributed by atoms with Crippen LogP contribution in [0.5, 0.6) is 0 Å². The Morgan fingerprint density at radius 3 is 2.54 bits per heavy atom. The smallest absolute Gasteiger partial charge is 0.253 e. The summed E-state index contributed by atoms with van der Waals surface area (Å²) in [5.74, 6) is 0.439. The number of hydrogen-bond donors (Lipinski definition) is 0. The standard InChI is InChI=1S/C19H29N3O3S/c1-20(2)18-7-3-4-9-22(15-18)19(23)16-6-5-8-17(14-16)21-10-12-26(24,25)13-11-21/h5-6,8,14,18H,3-4,7,9-13,15H2,1-2H3. The highest BCUT2D eigenvalue weighted by atomic mass is 32.2. The summed E-state index contributed by atoms with van der Waals surface area (Å²) < 4.78 is 23.3. The molecule has 2 aliphatic heterocycles. The summed E-state index contributed by atoms with van der Waals surface area (Å²) in [6.07, 6.45) is 3.31. The number of hydrogen-bond acceptors (Lipinski definition) is 5. The van der Waals surface area contributed by atoms with E-state index in [1.807, 2.05) is 29.2 Å². The van der Waals surface area contributed by atoms with Crippen molar-refractivity contribution < 1.29 is 13.2 Å². The van der Waals surface area contributed by atoms with Crippen LogP contribution in [0.25, 0.3) is 0 Å². The molecule has 2 aliphatic rings. The maximum Gasteiger partial charge on any atom is 0.253 e. The second-order valence-corrected chi connectivity index (χ2v) is 9.86. The maximum atomic E-state index is 13.1. The first-order chi connectivity index (χ1) is 12.4. The number of carbonyl (C=O) groups is 1. The lowest BCUT2D eigenvalue weighted by atomic mass is 10.1. The van der Waals surface area contributed by atoms with Crippen LogP contribution in [-0.2, 0) is 9.84 Å². The monoisotopic (exact) mass is 379 g/mol. The Kier molecular flexibility index (Phi) is 5.87. The van der Waals surface area contributed by atoms with Crippen molar-refractivity contribution >= 4 is 21.4 Å². The van der Waals surface area contributed by atoms with Gasteiger partial charge in [0.25, 0.3) is 5.91 Å². The van der Waals surface area contributed by atoms with Gasteiger partial charge in [0, 0.05) is 43.5 Å². The van der Waals surface area contributed by atoms with Crippen LogP contribution in [0.4, 0.5) is 5.69 Å². The minimum Gasteiger partial charge on any atom is -0.369 e.